The third-order valence-corrected chi connectivity index (χ3v) is 2.73. The average Bonchev–Trinajstić information content (AvgIpc) is 2.54. The van der Waals surface area contributed by atoms with E-state index in [0.717, 1.165) is 13.8 Å². The van der Waals surface area contributed by atoms with Crippen LogP contribution >= 0.6 is 0 Å². The van der Waals surface area contributed by atoms with Crippen molar-refractivity contribution < 1.29 is 17.9 Å². The summed E-state index contributed by atoms with van der Waals surface area (Å²) in [7, 11) is 0. The van der Waals surface area contributed by atoms with Gasteiger partial charge >= 0.3 is 6.18 Å². The van der Waals surface area contributed by atoms with E-state index in [1.807, 2.05) is 0 Å². The number of halogens is 3. The first-order valence-electron chi connectivity index (χ1n) is 4.65. The summed E-state index contributed by atoms with van der Waals surface area (Å²) in [5.74, 6) is -0.611. The number of rotatable bonds is 0. The Bertz CT molecular complexity index is 565. The fraction of sp³-hybridized carbons (Fsp3) is 0.364. The summed E-state index contributed by atoms with van der Waals surface area (Å²) in [5, 5.41) is 26.1. The predicted octanol–water partition coefficient (Wildman–Crippen LogP) is 2.48. The van der Waals surface area contributed by atoms with E-state index >= 15 is 0 Å². The Kier molecular flexibility index (Phi) is 3.09. The summed E-state index contributed by atoms with van der Waals surface area (Å²) in [4.78, 5) is 0. The highest BCUT2D eigenvalue weighted by atomic mass is 19.4. The SMILES string of the molecule is CC1=C(C#N)C(=C(C#N)C#N)OC1(C)C(F)(F)F. The van der Waals surface area contributed by atoms with Gasteiger partial charge in [0.05, 0.1) is 5.57 Å². The van der Waals surface area contributed by atoms with Crippen LogP contribution in [0.1, 0.15) is 13.8 Å². The fourth-order valence-corrected chi connectivity index (χ4v) is 1.45. The van der Waals surface area contributed by atoms with E-state index in [4.69, 9.17) is 15.8 Å². The van der Waals surface area contributed by atoms with Crippen LogP contribution in [-0.4, -0.2) is 11.8 Å². The largest absolute Gasteiger partial charge is 0.470 e. The Morgan fingerprint density at radius 2 is 1.72 bits per heavy atom. The lowest BCUT2D eigenvalue weighted by atomic mass is 9.94. The Morgan fingerprint density at radius 1 is 1.22 bits per heavy atom. The van der Waals surface area contributed by atoms with Crippen LogP contribution in [0.5, 0.6) is 0 Å². The second kappa shape index (κ2) is 4.09. The topological polar surface area (TPSA) is 80.6 Å². The minimum Gasteiger partial charge on any atom is -0.470 e. The van der Waals surface area contributed by atoms with E-state index < -0.39 is 28.7 Å². The maximum atomic E-state index is 12.9. The van der Waals surface area contributed by atoms with E-state index in [1.54, 1.807) is 0 Å². The van der Waals surface area contributed by atoms with Crippen molar-refractivity contribution in [2.45, 2.75) is 25.6 Å². The molecule has 1 unspecified atom stereocenters. The van der Waals surface area contributed by atoms with Gasteiger partial charge in [-0.2, -0.15) is 29.0 Å². The van der Waals surface area contributed by atoms with Gasteiger partial charge in [0, 0.05) is 5.57 Å². The number of nitriles is 3. The van der Waals surface area contributed by atoms with Crippen molar-refractivity contribution in [1.82, 2.24) is 0 Å². The van der Waals surface area contributed by atoms with E-state index in [1.165, 1.54) is 18.2 Å². The van der Waals surface area contributed by atoms with Crippen molar-refractivity contribution in [1.29, 1.82) is 15.8 Å². The smallest absolute Gasteiger partial charge is 0.432 e. The van der Waals surface area contributed by atoms with Crippen molar-refractivity contribution in [2.75, 3.05) is 0 Å². The lowest BCUT2D eigenvalue weighted by Crippen LogP contribution is -2.43. The maximum absolute atomic E-state index is 12.9. The number of hydrogen-bond acceptors (Lipinski definition) is 4. The van der Waals surface area contributed by atoms with Crippen LogP contribution in [0.2, 0.25) is 0 Å². The molecule has 0 N–H and O–H groups in total. The molecular formula is C11H6F3N3O. The van der Waals surface area contributed by atoms with Crippen LogP contribution in [0, 0.1) is 34.0 Å². The third-order valence-electron chi connectivity index (χ3n) is 2.73. The Morgan fingerprint density at radius 3 is 2.06 bits per heavy atom. The normalized spacial score (nSPS) is 22.9. The molecule has 0 spiro atoms. The number of nitrogens with zero attached hydrogens (tertiary/aromatic N) is 3. The molecular weight excluding hydrogens is 247 g/mol. The van der Waals surface area contributed by atoms with Gasteiger partial charge < -0.3 is 4.74 Å². The van der Waals surface area contributed by atoms with Crippen molar-refractivity contribution >= 4 is 0 Å². The highest BCUT2D eigenvalue weighted by Crippen LogP contribution is 2.48. The molecule has 0 bridgehead atoms. The maximum Gasteiger partial charge on any atom is 0.432 e. The first-order valence-corrected chi connectivity index (χ1v) is 4.65. The van der Waals surface area contributed by atoms with Crippen molar-refractivity contribution in [3.05, 3.63) is 22.5 Å². The van der Waals surface area contributed by atoms with Crippen molar-refractivity contribution in [2.24, 2.45) is 0 Å². The van der Waals surface area contributed by atoms with E-state index in [9.17, 15) is 13.2 Å². The Hall–Kier alpha value is -2.46. The monoisotopic (exact) mass is 253 g/mol. The zero-order valence-electron chi connectivity index (χ0n) is 9.38. The molecule has 0 aromatic carbocycles. The molecule has 0 saturated heterocycles. The van der Waals surface area contributed by atoms with Gasteiger partial charge in [-0.1, -0.05) is 0 Å². The van der Waals surface area contributed by atoms with Crippen LogP contribution in [-0.2, 0) is 4.74 Å². The van der Waals surface area contributed by atoms with Gasteiger partial charge in [-0.25, -0.2) is 0 Å². The van der Waals surface area contributed by atoms with E-state index in [0.29, 0.717) is 0 Å². The molecule has 4 nitrogen and oxygen atoms in total. The molecule has 0 amide bonds. The summed E-state index contributed by atoms with van der Waals surface area (Å²) in [6.45, 7) is 1.84. The molecule has 7 heteroatoms. The molecule has 18 heavy (non-hydrogen) atoms. The first-order chi connectivity index (χ1) is 8.22. The average molecular weight is 253 g/mol. The fourth-order valence-electron chi connectivity index (χ4n) is 1.45. The van der Waals surface area contributed by atoms with Gasteiger partial charge in [-0.05, 0) is 13.8 Å². The van der Waals surface area contributed by atoms with Crippen molar-refractivity contribution in [3.63, 3.8) is 0 Å². The molecule has 0 fully saturated rings. The van der Waals surface area contributed by atoms with Gasteiger partial charge in [0.1, 0.15) is 18.2 Å². The van der Waals surface area contributed by atoms with Crippen LogP contribution in [0.3, 0.4) is 0 Å². The quantitative estimate of drug-likeness (QED) is 0.621. The van der Waals surface area contributed by atoms with Gasteiger partial charge in [0.25, 0.3) is 0 Å². The minimum atomic E-state index is -4.75. The number of allylic oxidation sites excluding steroid dienone is 2. The molecule has 0 aliphatic carbocycles. The van der Waals surface area contributed by atoms with Gasteiger partial charge in [-0.15, -0.1) is 0 Å². The lowest BCUT2D eigenvalue weighted by Gasteiger charge is -2.28. The van der Waals surface area contributed by atoms with Gasteiger partial charge in [0.15, 0.2) is 11.3 Å². The lowest BCUT2D eigenvalue weighted by molar-refractivity contribution is -0.237. The molecule has 0 radical (unpaired) electrons. The van der Waals surface area contributed by atoms with Crippen LogP contribution in [0.25, 0.3) is 0 Å². The molecule has 1 atom stereocenters. The third kappa shape index (κ3) is 1.69. The van der Waals surface area contributed by atoms with Crippen LogP contribution in [0.4, 0.5) is 13.2 Å². The van der Waals surface area contributed by atoms with Crippen LogP contribution < -0.4 is 0 Å². The highest BCUT2D eigenvalue weighted by molar-refractivity contribution is 5.57. The minimum absolute atomic E-state index is 0.365. The zero-order valence-corrected chi connectivity index (χ0v) is 9.38. The Balaban J connectivity index is 3.58. The molecule has 92 valence electrons. The van der Waals surface area contributed by atoms with E-state index in [-0.39, 0.29) is 5.57 Å². The molecule has 0 aromatic heterocycles. The molecule has 1 heterocycles. The highest BCUT2D eigenvalue weighted by Gasteiger charge is 2.59. The van der Waals surface area contributed by atoms with Gasteiger partial charge in [-0.3, -0.25) is 0 Å². The van der Waals surface area contributed by atoms with Gasteiger partial charge in [0.2, 0.25) is 5.60 Å². The predicted molar refractivity (Wildman–Crippen MR) is 52.1 cm³/mol. The second-order valence-electron chi connectivity index (χ2n) is 3.67. The standard InChI is InChI=1S/C11H6F3N3O/c1-6-8(5-17)9(7(3-15)4-16)18-10(6,2)11(12,13)14/h1-2H3. The summed E-state index contributed by atoms with van der Waals surface area (Å²) in [6.07, 6.45) is -4.75. The number of alkyl halides is 3. The first kappa shape index (κ1) is 13.6. The summed E-state index contributed by atoms with van der Waals surface area (Å²) < 4.78 is 43.4. The Labute approximate surface area is 101 Å². The second-order valence-corrected chi connectivity index (χ2v) is 3.67. The number of ether oxygens (including phenoxy) is 1. The summed E-state index contributed by atoms with van der Waals surface area (Å²) in [6, 6.07) is 4.35. The summed E-state index contributed by atoms with van der Waals surface area (Å²) >= 11 is 0. The number of hydrogen-bond donors (Lipinski definition) is 0. The molecule has 1 aliphatic heterocycles. The molecule has 0 saturated carbocycles. The molecule has 1 rings (SSSR count). The van der Waals surface area contributed by atoms with Crippen molar-refractivity contribution in [3.8, 4) is 18.2 Å². The molecule has 1 aliphatic rings. The summed E-state index contributed by atoms with van der Waals surface area (Å²) in [5.41, 5.74) is -4.13. The van der Waals surface area contributed by atoms with E-state index in [2.05, 4.69) is 4.74 Å². The van der Waals surface area contributed by atoms with Crippen LogP contribution in [0.15, 0.2) is 22.5 Å². The molecule has 0 aromatic rings. The zero-order chi connectivity index (χ0) is 14.1.